The van der Waals surface area contributed by atoms with Gasteiger partial charge >= 0.3 is 0 Å². The van der Waals surface area contributed by atoms with Crippen LogP contribution in [0.1, 0.15) is 30.5 Å². The average molecular weight is 669 g/mol. The van der Waals surface area contributed by atoms with E-state index in [1.807, 2.05) is 48.5 Å². The summed E-state index contributed by atoms with van der Waals surface area (Å²) in [6.07, 6.45) is 8.77. The first kappa shape index (κ1) is 29.2. The number of nitrogens with zero attached hydrogens (tertiary/aromatic N) is 4. The second-order valence-electron chi connectivity index (χ2n) is 13.8. The van der Waals surface area contributed by atoms with E-state index in [9.17, 15) is 0 Å². The molecule has 0 fully saturated rings. The fourth-order valence-electron chi connectivity index (χ4n) is 8.50. The first-order chi connectivity index (χ1) is 25.8. The molecule has 52 heavy (non-hydrogen) atoms. The third-order valence-electron chi connectivity index (χ3n) is 10.8. The van der Waals surface area contributed by atoms with Crippen LogP contribution < -0.4 is 0 Å². The van der Waals surface area contributed by atoms with Crippen LogP contribution in [0.25, 0.3) is 89.0 Å². The van der Waals surface area contributed by atoms with Crippen molar-refractivity contribution in [3.05, 3.63) is 162 Å². The predicted molar refractivity (Wildman–Crippen MR) is 211 cm³/mol. The molecule has 2 aliphatic carbocycles. The Morgan fingerprint density at radius 2 is 1.21 bits per heavy atom. The van der Waals surface area contributed by atoms with Gasteiger partial charge in [-0.1, -0.05) is 115 Å². The van der Waals surface area contributed by atoms with Crippen LogP contribution in [0.15, 0.2) is 156 Å². The Labute approximate surface area is 300 Å². The van der Waals surface area contributed by atoms with Gasteiger partial charge in [0, 0.05) is 38.5 Å². The van der Waals surface area contributed by atoms with Crippen molar-refractivity contribution in [3.63, 3.8) is 0 Å². The highest BCUT2D eigenvalue weighted by Crippen LogP contribution is 2.48. The van der Waals surface area contributed by atoms with Gasteiger partial charge < -0.3 is 8.98 Å². The Hall–Kier alpha value is -6.59. The minimum Gasteiger partial charge on any atom is -0.456 e. The van der Waals surface area contributed by atoms with E-state index < -0.39 is 0 Å². The van der Waals surface area contributed by atoms with Crippen molar-refractivity contribution in [3.8, 4) is 39.9 Å². The summed E-state index contributed by atoms with van der Waals surface area (Å²) in [7, 11) is 0. The monoisotopic (exact) mass is 668 g/mol. The maximum absolute atomic E-state index is 6.55. The number of benzene rings is 6. The molecule has 0 bridgehead atoms. The third kappa shape index (κ3) is 4.45. The Balaban J connectivity index is 1.30. The molecule has 0 N–H and O–H groups in total. The molecule has 246 valence electrons. The van der Waals surface area contributed by atoms with Crippen LogP contribution in [0.3, 0.4) is 0 Å². The smallest absolute Gasteiger partial charge is 0.166 e. The van der Waals surface area contributed by atoms with Crippen molar-refractivity contribution < 1.29 is 4.42 Å². The first-order valence-corrected chi connectivity index (χ1v) is 18.1. The van der Waals surface area contributed by atoms with Crippen molar-refractivity contribution in [2.24, 2.45) is 0 Å². The third-order valence-corrected chi connectivity index (χ3v) is 10.8. The Kier molecular flexibility index (Phi) is 6.44. The molecule has 0 unspecified atom stereocenters. The lowest BCUT2D eigenvalue weighted by Gasteiger charge is -2.24. The number of para-hydroxylation sites is 1. The zero-order valence-corrected chi connectivity index (χ0v) is 28.4. The summed E-state index contributed by atoms with van der Waals surface area (Å²) in [5, 5.41) is 5.81. The first-order valence-electron chi connectivity index (χ1n) is 18.1. The standard InChI is InChI=1S/C47H32N4O/c1-3-14-30(15-4-1)45-48-46(31-16-5-2-6-17-31)50-47(49-45)44-38(25-26-41-43(44)35-21-11-12-22-40(35)52-41)51-37-24-23-29-13-9-10-20-34(29)42(37)36-27-32-18-7-8-19-33(32)28-39(36)51/h1-9,11-19,21-22,25-28H,10,20,23-24H2. The molecule has 5 heteroatoms. The fourth-order valence-corrected chi connectivity index (χ4v) is 8.50. The molecule has 0 radical (unpaired) electrons. The number of hydrogen-bond donors (Lipinski definition) is 0. The predicted octanol–water partition coefficient (Wildman–Crippen LogP) is 11.9. The van der Waals surface area contributed by atoms with Gasteiger partial charge in [-0.2, -0.15) is 0 Å². The van der Waals surface area contributed by atoms with Crippen molar-refractivity contribution >= 4 is 49.2 Å². The van der Waals surface area contributed by atoms with Gasteiger partial charge in [0.2, 0.25) is 0 Å². The van der Waals surface area contributed by atoms with Crippen molar-refractivity contribution in [1.29, 1.82) is 0 Å². The van der Waals surface area contributed by atoms with E-state index in [4.69, 9.17) is 19.4 Å². The van der Waals surface area contributed by atoms with Crippen LogP contribution in [0, 0.1) is 0 Å². The molecule has 11 rings (SSSR count). The van der Waals surface area contributed by atoms with E-state index in [1.165, 1.54) is 44.1 Å². The highest BCUT2D eigenvalue weighted by molar-refractivity contribution is 6.15. The zero-order valence-electron chi connectivity index (χ0n) is 28.4. The number of rotatable bonds is 4. The molecule has 9 aromatic rings. The van der Waals surface area contributed by atoms with Gasteiger partial charge in [-0.3, -0.25) is 0 Å². The van der Waals surface area contributed by atoms with Gasteiger partial charge in [0.1, 0.15) is 11.2 Å². The summed E-state index contributed by atoms with van der Waals surface area (Å²) in [6, 6.07) is 46.6. The summed E-state index contributed by atoms with van der Waals surface area (Å²) in [5.74, 6) is 1.89. The highest BCUT2D eigenvalue weighted by Gasteiger charge is 2.30. The van der Waals surface area contributed by atoms with E-state index >= 15 is 0 Å². The number of allylic oxidation sites excluding steroid dienone is 4. The Morgan fingerprint density at radius 3 is 1.98 bits per heavy atom. The quantitative estimate of drug-likeness (QED) is 0.187. The number of hydrogen-bond acceptors (Lipinski definition) is 4. The van der Waals surface area contributed by atoms with Gasteiger partial charge in [-0.25, -0.2) is 15.0 Å². The molecule has 0 saturated carbocycles. The Bertz CT molecular complexity index is 2890. The van der Waals surface area contributed by atoms with Crippen LogP contribution in [0.2, 0.25) is 0 Å². The van der Waals surface area contributed by atoms with E-state index in [2.05, 4.69) is 102 Å². The van der Waals surface area contributed by atoms with Crippen LogP contribution in [0.4, 0.5) is 0 Å². The van der Waals surface area contributed by atoms with Crippen molar-refractivity contribution in [2.45, 2.75) is 25.7 Å². The van der Waals surface area contributed by atoms with Crippen molar-refractivity contribution in [1.82, 2.24) is 19.5 Å². The summed E-state index contributed by atoms with van der Waals surface area (Å²) in [6.45, 7) is 0. The molecule has 5 nitrogen and oxygen atoms in total. The molecule has 0 aliphatic heterocycles. The molecular weight excluding hydrogens is 637 g/mol. The minimum absolute atomic E-state index is 0.618. The van der Waals surface area contributed by atoms with Gasteiger partial charge in [0.15, 0.2) is 17.5 Å². The maximum Gasteiger partial charge on any atom is 0.166 e. The lowest BCUT2D eigenvalue weighted by Crippen LogP contribution is -2.11. The maximum atomic E-state index is 6.55. The van der Waals surface area contributed by atoms with E-state index in [-0.39, 0.29) is 0 Å². The molecule has 6 aromatic carbocycles. The lowest BCUT2D eigenvalue weighted by atomic mass is 9.83. The highest BCUT2D eigenvalue weighted by atomic mass is 16.3. The molecule has 0 spiro atoms. The second-order valence-corrected chi connectivity index (χ2v) is 13.8. The molecule has 0 saturated heterocycles. The summed E-state index contributed by atoms with van der Waals surface area (Å²) >= 11 is 0. The fraction of sp³-hybridized carbons (Fsp3) is 0.0851. The van der Waals surface area contributed by atoms with Crippen LogP contribution >= 0.6 is 0 Å². The number of furan rings is 1. The minimum atomic E-state index is 0.618. The number of fused-ring (bicyclic) bond motifs is 8. The van der Waals surface area contributed by atoms with E-state index in [0.717, 1.165) is 70.0 Å². The van der Waals surface area contributed by atoms with Crippen LogP contribution in [-0.4, -0.2) is 19.5 Å². The topological polar surface area (TPSA) is 56.7 Å². The SMILES string of the molecule is C1=CC2=C(CC1)c1c(n(-c3ccc4oc5ccccc5c4c3-c3nc(-c4ccccc4)nc(-c4ccccc4)n3)c3cc4ccccc4cc13)CC2. The molecule has 0 amide bonds. The summed E-state index contributed by atoms with van der Waals surface area (Å²) in [4.78, 5) is 15.7. The summed E-state index contributed by atoms with van der Waals surface area (Å²) in [5.41, 5.74) is 12.4. The van der Waals surface area contributed by atoms with E-state index in [0.29, 0.717) is 17.5 Å². The summed E-state index contributed by atoms with van der Waals surface area (Å²) < 4.78 is 9.07. The molecule has 2 aliphatic rings. The van der Waals surface area contributed by atoms with Gasteiger partial charge in [0.25, 0.3) is 0 Å². The number of aromatic nitrogens is 4. The molecular formula is C47H32N4O. The Morgan fingerprint density at radius 1 is 0.538 bits per heavy atom. The molecule has 0 atom stereocenters. The largest absolute Gasteiger partial charge is 0.456 e. The second kappa shape index (κ2) is 11.5. The van der Waals surface area contributed by atoms with Gasteiger partial charge in [0.05, 0.1) is 16.8 Å². The average Bonchev–Trinajstić information content (AvgIpc) is 3.75. The van der Waals surface area contributed by atoms with Gasteiger partial charge in [-0.15, -0.1) is 0 Å². The molecule has 3 aromatic heterocycles. The van der Waals surface area contributed by atoms with Crippen LogP contribution in [-0.2, 0) is 6.42 Å². The molecule has 3 heterocycles. The lowest BCUT2D eigenvalue weighted by molar-refractivity contribution is 0.669. The van der Waals surface area contributed by atoms with Gasteiger partial charge in [-0.05, 0) is 77.9 Å². The van der Waals surface area contributed by atoms with Crippen molar-refractivity contribution in [2.75, 3.05) is 0 Å². The van der Waals surface area contributed by atoms with E-state index in [1.54, 1.807) is 0 Å². The normalized spacial score (nSPS) is 14.1. The van der Waals surface area contributed by atoms with Crippen LogP contribution in [0.5, 0.6) is 0 Å². The zero-order chi connectivity index (χ0) is 34.2.